The molecule has 0 unspecified atom stereocenters. The molecule has 0 spiro atoms. The van der Waals surface area contributed by atoms with Crippen molar-refractivity contribution in [2.24, 2.45) is 0 Å². The van der Waals surface area contributed by atoms with E-state index in [9.17, 15) is 4.79 Å². The van der Waals surface area contributed by atoms with E-state index in [0.29, 0.717) is 28.0 Å². The van der Waals surface area contributed by atoms with Gasteiger partial charge in [-0.2, -0.15) is 0 Å². The van der Waals surface area contributed by atoms with Crippen LogP contribution in [0.15, 0.2) is 58.0 Å². The highest BCUT2D eigenvalue weighted by Crippen LogP contribution is 2.26. The lowest BCUT2D eigenvalue weighted by atomic mass is 10.2. The summed E-state index contributed by atoms with van der Waals surface area (Å²) in [5.74, 6) is 0.856. The van der Waals surface area contributed by atoms with E-state index in [1.165, 1.54) is 7.11 Å². The van der Waals surface area contributed by atoms with Crippen molar-refractivity contribution < 1.29 is 18.7 Å². The van der Waals surface area contributed by atoms with E-state index in [-0.39, 0.29) is 6.61 Å². The first-order chi connectivity index (χ1) is 12.6. The van der Waals surface area contributed by atoms with Gasteiger partial charge in [0, 0.05) is 15.5 Å². The maximum absolute atomic E-state index is 12.3. The monoisotopic (exact) mass is 389 g/mol. The number of aromatic nitrogens is 1. The van der Waals surface area contributed by atoms with Crippen LogP contribution in [0.4, 0.5) is 0 Å². The molecule has 0 amide bonds. The van der Waals surface area contributed by atoms with Crippen LogP contribution in [0, 0.1) is 0 Å². The van der Waals surface area contributed by atoms with E-state index >= 15 is 0 Å². The molecule has 134 valence electrons. The standard InChI is InChI=1S/C19H16ClNO4S/c1-23-16-9-14(26-2)7-8-15(16)19(22)24-11-18-21-10-17(25-18)12-3-5-13(20)6-4-12/h3-10H,11H2,1-2H3. The summed E-state index contributed by atoms with van der Waals surface area (Å²) in [6.07, 6.45) is 3.54. The molecule has 0 bridgehead atoms. The highest BCUT2D eigenvalue weighted by Gasteiger charge is 2.16. The molecule has 3 aromatic rings. The van der Waals surface area contributed by atoms with Gasteiger partial charge in [0.15, 0.2) is 12.4 Å². The first kappa shape index (κ1) is 18.4. The Balaban J connectivity index is 1.68. The molecule has 0 fully saturated rings. The molecule has 3 rings (SSSR count). The van der Waals surface area contributed by atoms with Crippen LogP contribution < -0.4 is 4.74 Å². The molecule has 0 aliphatic heterocycles. The predicted molar refractivity (Wildman–Crippen MR) is 101 cm³/mol. The number of hydrogen-bond acceptors (Lipinski definition) is 6. The van der Waals surface area contributed by atoms with Crippen molar-refractivity contribution in [1.29, 1.82) is 0 Å². The molecular weight excluding hydrogens is 374 g/mol. The van der Waals surface area contributed by atoms with Crippen LogP contribution in [0.2, 0.25) is 5.02 Å². The summed E-state index contributed by atoms with van der Waals surface area (Å²) >= 11 is 7.44. The second kappa shape index (κ2) is 8.29. The van der Waals surface area contributed by atoms with Crippen molar-refractivity contribution in [3.8, 4) is 17.1 Å². The molecule has 1 aromatic heterocycles. The smallest absolute Gasteiger partial charge is 0.342 e. The summed E-state index contributed by atoms with van der Waals surface area (Å²) in [5, 5.41) is 0.642. The Bertz CT molecular complexity index is 908. The van der Waals surface area contributed by atoms with E-state index in [1.807, 2.05) is 24.5 Å². The van der Waals surface area contributed by atoms with Crippen molar-refractivity contribution in [3.63, 3.8) is 0 Å². The molecule has 0 aliphatic carbocycles. The van der Waals surface area contributed by atoms with Gasteiger partial charge in [-0.1, -0.05) is 11.6 Å². The molecule has 0 saturated heterocycles. The Morgan fingerprint density at radius 1 is 1.23 bits per heavy atom. The summed E-state index contributed by atoms with van der Waals surface area (Å²) in [7, 11) is 1.52. The Morgan fingerprint density at radius 2 is 2.00 bits per heavy atom. The first-order valence-electron chi connectivity index (χ1n) is 7.70. The maximum atomic E-state index is 12.3. The molecule has 7 heteroatoms. The van der Waals surface area contributed by atoms with E-state index in [4.69, 9.17) is 25.5 Å². The van der Waals surface area contributed by atoms with Crippen LogP contribution in [-0.4, -0.2) is 24.3 Å². The molecule has 5 nitrogen and oxygen atoms in total. The van der Waals surface area contributed by atoms with Crippen LogP contribution in [0.5, 0.6) is 5.75 Å². The van der Waals surface area contributed by atoms with Gasteiger partial charge in [0.2, 0.25) is 5.89 Å². The molecule has 1 heterocycles. The minimum Gasteiger partial charge on any atom is -0.496 e. The van der Waals surface area contributed by atoms with Crippen molar-refractivity contribution in [1.82, 2.24) is 4.98 Å². The average molecular weight is 390 g/mol. The van der Waals surface area contributed by atoms with Crippen molar-refractivity contribution >= 4 is 29.3 Å². The van der Waals surface area contributed by atoms with Crippen LogP contribution >= 0.6 is 23.4 Å². The van der Waals surface area contributed by atoms with Gasteiger partial charge in [-0.3, -0.25) is 0 Å². The van der Waals surface area contributed by atoms with Crippen molar-refractivity contribution in [2.75, 3.05) is 13.4 Å². The van der Waals surface area contributed by atoms with Gasteiger partial charge in [-0.05, 0) is 48.7 Å². The number of nitrogens with zero attached hydrogens (tertiary/aromatic N) is 1. The second-order valence-electron chi connectivity index (χ2n) is 5.27. The van der Waals surface area contributed by atoms with E-state index in [0.717, 1.165) is 10.5 Å². The van der Waals surface area contributed by atoms with Gasteiger partial charge >= 0.3 is 5.97 Å². The normalized spacial score (nSPS) is 10.6. The summed E-state index contributed by atoms with van der Waals surface area (Å²) in [5.41, 5.74) is 1.20. The van der Waals surface area contributed by atoms with Crippen molar-refractivity contribution in [2.45, 2.75) is 11.5 Å². The molecule has 0 radical (unpaired) electrons. The van der Waals surface area contributed by atoms with Gasteiger partial charge < -0.3 is 13.9 Å². The van der Waals surface area contributed by atoms with Gasteiger partial charge in [-0.15, -0.1) is 11.8 Å². The maximum Gasteiger partial charge on any atom is 0.342 e. The SMILES string of the molecule is COc1cc(SC)ccc1C(=O)OCc1ncc(-c2ccc(Cl)cc2)o1. The van der Waals surface area contributed by atoms with Crippen molar-refractivity contribution in [3.05, 3.63) is 65.1 Å². The zero-order chi connectivity index (χ0) is 18.5. The number of methoxy groups -OCH3 is 1. The fourth-order valence-corrected chi connectivity index (χ4v) is 2.85. The number of esters is 1. The topological polar surface area (TPSA) is 61.6 Å². The highest BCUT2D eigenvalue weighted by atomic mass is 35.5. The number of carbonyl (C=O) groups is 1. The van der Waals surface area contributed by atoms with Crippen LogP contribution in [-0.2, 0) is 11.3 Å². The van der Waals surface area contributed by atoms with E-state index < -0.39 is 5.97 Å². The second-order valence-corrected chi connectivity index (χ2v) is 6.58. The van der Waals surface area contributed by atoms with Gasteiger partial charge in [0.1, 0.15) is 11.3 Å². The van der Waals surface area contributed by atoms with E-state index in [2.05, 4.69) is 4.98 Å². The fraction of sp³-hybridized carbons (Fsp3) is 0.158. The zero-order valence-electron chi connectivity index (χ0n) is 14.2. The number of halogens is 1. The largest absolute Gasteiger partial charge is 0.496 e. The number of oxazole rings is 1. The molecule has 0 aliphatic rings. The summed E-state index contributed by atoms with van der Waals surface area (Å²) in [4.78, 5) is 17.5. The first-order valence-corrected chi connectivity index (χ1v) is 9.31. The third-order valence-corrected chi connectivity index (χ3v) is 4.61. The number of thioether (sulfide) groups is 1. The number of carbonyl (C=O) groups excluding carboxylic acids is 1. The molecular formula is C19H16ClNO4S. The Labute approximate surface area is 160 Å². The quantitative estimate of drug-likeness (QED) is 0.432. The Hall–Kier alpha value is -2.44. The molecule has 0 N–H and O–H groups in total. The number of benzene rings is 2. The minimum absolute atomic E-state index is 0.0696. The van der Waals surface area contributed by atoms with Gasteiger partial charge in [0.05, 0.1) is 13.3 Å². The van der Waals surface area contributed by atoms with E-state index in [1.54, 1.807) is 42.2 Å². The third-order valence-electron chi connectivity index (χ3n) is 3.64. The van der Waals surface area contributed by atoms with Gasteiger partial charge in [0.25, 0.3) is 0 Å². The molecule has 26 heavy (non-hydrogen) atoms. The highest BCUT2D eigenvalue weighted by molar-refractivity contribution is 7.98. The fourth-order valence-electron chi connectivity index (χ4n) is 2.30. The summed E-state index contributed by atoms with van der Waals surface area (Å²) in [6.45, 7) is -0.0696. The molecule has 0 saturated carbocycles. The van der Waals surface area contributed by atoms with Crippen LogP contribution in [0.1, 0.15) is 16.2 Å². The number of ether oxygens (including phenoxy) is 2. The Kier molecular flexibility index (Phi) is 5.85. The average Bonchev–Trinajstić information content (AvgIpc) is 3.15. The summed E-state index contributed by atoms with van der Waals surface area (Å²) < 4.78 is 16.2. The van der Waals surface area contributed by atoms with Crippen LogP contribution in [0.25, 0.3) is 11.3 Å². The zero-order valence-corrected chi connectivity index (χ0v) is 15.8. The molecule has 2 aromatic carbocycles. The molecule has 0 atom stereocenters. The number of hydrogen-bond donors (Lipinski definition) is 0. The minimum atomic E-state index is -0.499. The lowest BCUT2D eigenvalue weighted by molar-refractivity contribution is 0.0435. The predicted octanol–water partition coefficient (Wildman–Crippen LogP) is 5.08. The number of rotatable bonds is 6. The summed E-state index contributed by atoms with van der Waals surface area (Å²) in [6, 6.07) is 12.5. The van der Waals surface area contributed by atoms with Crippen LogP contribution in [0.3, 0.4) is 0 Å². The lowest BCUT2D eigenvalue weighted by Crippen LogP contribution is -2.07. The third kappa shape index (κ3) is 4.20. The Morgan fingerprint density at radius 3 is 2.69 bits per heavy atom. The van der Waals surface area contributed by atoms with Gasteiger partial charge in [-0.25, -0.2) is 9.78 Å². The lowest BCUT2D eigenvalue weighted by Gasteiger charge is -2.09.